The van der Waals surface area contributed by atoms with E-state index in [1.54, 1.807) is 0 Å². The van der Waals surface area contributed by atoms with Crippen LogP contribution in [-0.2, 0) is 16.0 Å². The molecule has 0 aromatic heterocycles. The number of hydrogen-bond donors (Lipinski definition) is 2. The molecular formula is C24H29BrN2O3. The average Bonchev–Trinajstić information content (AvgIpc) is 2.75. The fourth-order valence-electron chi connectivity index (χ4n) is 3.00. The molecule has 0 aliphatic carbocycles. The van der Waals surface area contributed by atoms with Gasteiger partial charge >= 0.3 is 5.97 Å². The summed E-state index contributed by atoms with van der Waals surface area (Å²) >= 11 is 3.42. The number of halogens is 1. The molecule has 0 bridgehead atoms. The van der Waals surface area contributed by atoms with Crippen LogP contribution in [0, 0.1) is 5.41 Å². The summed E-state index contributed by atoms with van der Waals surface area (Å²) in [6.07, 6.45) is 4.85. The summed E-state index contributed by atoms with van der Waals surface area (Å²) in [6, 6.07) is 15.6. The summed E-state index contributed by atoms with van der Waals surface area (Å²) in [4.78, 5) is 11.4. The van der Waals surface area contributed by atoms with Gasteiger partial charge in [0.05, 0.1) is 13.2 Å². The molecule has 0 saturated heterocycles. The van der Waals surface area contributed by atoms with Gasteiger partial charge < -0.3 is 20.6 Å². The molecule has 0 aliphatic rings. The first-order chi connectivity index (χ1) is 14.5. The zero-order valence-electron chi connectivity index (χ0n) is 17.3. The molecule has 5 nitrogen and oxygen atoms in total. The summed E-state index contributed by atoms with van der Waals surface area (Å²) in [6.45, 7) is 2.82. The van der Waals surface area contributed by atoms with Crippen molar-refractivity contribution in [2.45, 2.75) is 39.0 Å². The number of nitrogens with one attached hydrogen (secondary N) is 1. The van der Waals surface area contributed by atoms with E-state index in [4.69, 9.17) is 20.6 Å². The van der Waals surface area contributed by atoms with E-state index >= 15 is 0 Å². The van der Waals surface area contributed by atoms with E-state index in [2.05, 4.69) is 15.9 Å². The molecule has 0 amide bonds. The number of carbonyl (C=O) groups is 1. The lowest BCUT2D eigenvalue weighted by Gasteiger charge is -2.13. The molecule has 2 rings (SSSR count). The first kappa shape index (κ1) is 23.7. The van der Waals surface area contributed by atoms with Crippen LogP contribution in [0.3, 0.4) is 0 Å². The smallest absolute Gasteiger partial charge is 0.305 e. The van der Waals surface area contributed by atoms with Crippen molar-refractivity contribution >= 4 is 33.8 Å². The van der Waals surface area contributed by atoms with Crippen LogP contribution in [0.1, 0.15) is 43.7 Å². The van der Waals surface area contributed by atoms with Crippen molar-refractivity contribution in [3.63, 3.8) is 0 Å². The summed E-state index contributed by atoms with van der Waals surface area (Å²) in [5.41, 5.74) is 9.54. The highest BCUT2D eigenvalue weighted by Gasteiger charge is 2.10. The highest BCUT2D eigenvalue weighted by atomic mass is 79.9. The molecule has 0 saturated carbocycles. The van der Waals surface area contributed by atoms with E-state index in [1.807, 2.05) is 55.5 Å². The quantitative estimate of drug-likeness (QED) is 0.242. The SMILES string of the molecule is CCOC(=O)CCCCCOc1ccccc1CC(C=N)=C(N)c1ccc(Br)cc1. The first-order valence-electron chi connectivity index (χ1n) is 10.2. The van der Waals surface area contributed by atoms with Crippen LogP contribution in [0.4, 0.5) is 0 Å². The monoisotopic (exact) mass is 472 g/mol. The predicted molar refractivity (Wildman–Crippen MR) is 125 cm³/mol. The minimum atomic E-state index is -0.141. The molecular weight excluding hydrogens is 444 g/mol. The predicted octanol–water partition coefficient (Wildman–Crippen LogP) is 5.51. The van der Waals surface area contributed by atoms with Gasteiger partial charge in [-0.1, -0.05) is 46.3 Å². The first-order valence-corrected chi connectivity index (χ1v) is 11.0. The van der Waals surface area contributed by atoms with Gasteiger partial charge in [0, 0.05) is 29.2 Å². The van der Waals surface area contributed by atoms with Gasteiger partial charge in [0.1, 0.15) is 5.75 Å². The second-order valence-corrected chi connectivity index (χ2v) is 7.75. The lowest BCUT2D eigenvalue weighted by atomic mass is 10.00. The molecule has 0 aliphatic heterocycles. The van der Waals surface area contributed by atoms with E-state index in [-0.39, 0.29) is 5.97 Å². The highest BCUT2D eigenvalue weighted by Crippen LogP contribution is 2.24. The minimum Gasteiger partial charge on any atom is -0.493 e. The molecule has 3 N–H and O–H groups in total. The van der Waals surface area contributed by atoms with Gasteiger partial charge in [-0.15, -0.1) is 0 Å². The Morgan fingerprint density at radius 3 is 2.53 bits per heavy atom. The molecule has 2 aromatic carbocycles. The average molecular weight is 473 g/mol. The molecule has 0 heterocycles. The maximum Gasteiger partial charge on any atom is 0.305 e. The summed E-state index contributed by atoms with van der Waals surface area (Å²) in [5, 5.41) is 7.83. The number of rotatable bonds is 12. The number of nitrogens with two attached hydrogens (primary N) is 1. The Labute approximate surface area is 186 Å². The van der Waals surface area contributed by atoms with Crippen molar-refractivity contribution < 1.29 is 14.3 Å². The number of benzene rings is 2. The van der Waals surface area contributed by atoms with Gasteiger partial charge in [0.15, 0.2) is 0 Å². The van der Waals surface area contributed by atoms with Crippen LogP contribution in [0.5, 0.6) is 5.75 Å². The van der Waals surface area contributed by atoms with E-state index in [1.165, 1.54) is 6.21 Å². The van der Waals surface area contributed by atoms with Gasteiger partial charge in [-0.3, -0.25) is 4.79 Å². The Hall–Kier alpha value is -2.60. The van der Waals surface area contributed by atoms with E-state index in [0.717, 1.165) is 46.2 Å². The van der Waals surface area contributed by atoms with Gasteiger partial charge in [-0.05, 0) is 61.1 Å². The van der Waals surface area contributed by atoms with Gasteiger partial charge in [-0.2, -0.15) is 0 Å². The van der Waals surface area contributed by atoms with E-state index < -0.39 is 0 Å². The second kappa shape index (κ2) is 12.9. The third-order valence-electron chi connectivity index (χ3n) is 4.62. The number of carbonyl (C=O) groups excluding carboxylic acids is 1. The maximum atomic E-state index is 11.4. The lowest BCUT2D eigenvalue weighted by Crippen LogP contribution is -2.07. The standard InChI is InChI=1S/C24H29BrN2O3/c1-2-29-23(28)10-4-3-7-15-30-22-9-6-5-8-19(22)16-20(17-26)24(27)18-11-13-21(25)14-12-18/h5-6,8-9,11-14,17,26H,2-4,7,10,15-16,27H2,1H3. The molecule has 30 heavy (non-hydrogen) atoms. The largest absolute Gasteiger partial charge is 0.493 e. The molecule has 6 heteroatoms. The van der Waals surface area contributed by atoms with Crippen molar-refractivity contribution in [1.29, 1.82) is 5.41 Å². The lowest BCUT2D eigenvalue weighted by molar-refractivity contribution is -0.143. The van der Waals surface area contributed by atoms with Crippen LogP contribution in [-0.4, -0.2) is 25.4 Å². The van der Waals surface area contributed by atoms with Gasteiger partial charge in [0.2, 0.25) is 0 Å². The van der Waals surface area contributed by atoms with Crippen molar-refractivity contribution in [2.75, 3.05) is 13.2 Å². The zero-order chi connectivity index (χ0) is 21.8. The third-order valence-corrected chi connectivity index (χ3v) is 5.15. The van der Waals surface area contributed by atoms with Crippen LogP contribution < -0.4 is 10.5 Å². The number of esters is 1. The van der Waals surface area contributed by atoms with Gasteiger partial charge in [-0.25, -0.2) is 0 Å². The Kier molecular flexibility index (Phi) is 10.1. The van der Waals surface area contributed by atoms with Crippen LogP contribution in [0.25, 0.3) is 5.70 Å². The molecule has 0 fully saturated rings. The van der Waals surface area contributed by atoms with E-state index in [0.29, 0.717) is 31.8 Å². The molecule has 0 unspecified atom stereocenters. The van der Waals surface area contributed by atoms with Crippen molar-refractivity contribution in [1.82, 2.24) is 0 Å². The molecule has 2 aromatic rings. The molecule has 0 spiro atoms. The molecule has 0 atom stereocenters. The van der Waals surface area contributed by atoms with Crippen LogP contribution in [0.2, 0.25) is 0 Å². The fourth-order valence-corrected chi connectivity index (χ4v) is 3.26. The fraction of sp³-hybridized carbons (Fsp3) is 0.333. The van der Waals surface area contributed by atoms with Gasteiger partial charge in [0.25, 0.3) is 0 Å². The third kappa shape index (κ3) is 7.67. The molecule has 160 valence electrons. The summed E-state index contributed by atoms with van der Waals surface area (Å²) in [5.74, 6) is 0.656. The number of ether oxygens (including phenoxy) is 2. The Bertz CT molecular complexity index is 863. The van der Waals surface area contributed by atoms with Crippen molar-refractivity contribution in [3.8, 4) is 5.75 Å². The minimum absolute atomic E-state index is 0.141. The number of allylic oxidation sites excluding steroid dienone is 1. The molecule has 0 radical (unpaired) electrons. The number of hydrogen-bond acceptors (Lipinski definition) is 5. The highest BCUT2D eigenvalue weighted by molar-refractivity contribution is 9.10. The second-order valence-electron chi connectivity index (χ2n) is 6.84. The van der Waals surface area contributed by atoms with Crippen molar-refractivity contribution in [2.24, 2.45) is 5.73 Å². The van der Waals surface area contributed by atoms with Crippen molar-refractivity contribution in [3.05, 3.63) is 69.7 Å². The van der Waals surface area contributed by atoms with Crippen LogP contribution >= 0.6 is 15.9 Å². The Balaban J connectivity index is 1.95. The normalized spacial score (nSPS) is 11.5. The Morgan fingerprint density at radius 1 is 1.10 bits per heavy atom. The summed E-state index contributed by atoms with van der Waals surface area (Å²) < 4.78 is 11.9. The summed E-state index contributed by atoms with van der Waals surface area (Å²) in [7, 11) is 0. The van der Waals surface area contributed by atoms with Crippen LogP contribution in [0.15, 0.2) is 58.6 Å². The maximum absolute atomic E-state index is 11.4. The van der Waals surface area contributed by atoms with E-state index in [9.17, 15) is 4.79 Å². The zero-order valence-corrected chi connectivity index (χ0v) is 18.9. The Morgan fingerprint density at radius 2 is 1.83 bits per heavy atom. The number of unbranched alkanes of at least 4 members (excludes halogenated alkanes) is 2. The topological polar surface area (TPSA) is 85.4 Å². The number of para-hydroxylation sites is 1.